The van der Waals surface area contributed by atoms with Gasteiger partial charge in [-0.1, -0.05) is 5.16 Å². The SMILES string of the molecule is C[C@@H]1CN(Cc2nc(C3CC3)no2)C[C@H](C)O1. The predicted octanol–water partition coefficient (Wildman–Crippen LogP) is 1.56. The van der Waals surface area contributed by atoms with Crippen molar-refractivity contribution in [2.45, 2.75) is 51.4 Å². The number of hydrogen-bond donors (Lipinski definition) is 0. The van der Waals surface area contributed by atoms with E-state index >= 15 is 0 Å². The molecular formula is C12H19N3O2. The van der Waals surface area contributed by atoms with Crippen LogP contribution in [0.15, 0.2) is 4.52 Å². The van der Waals surface area contributed by atoms with Crippen molar-refractivity contribution in [3.63, 3.8) is 0 Å². The molecular weight excluding hydrogens is 218 g/mol. The van der Waals surface area contributed by atoms with E-state index in [0.29, 0.717) is 5.92 Å². The Morgan fingerprint density at radius 3 is 2.59 bits per heavy atom. The molecule has 2 aliphatic rings. The number of hydrogen-bond acceptors (Lipinski definition) is 5. The van der Waals surface area contributed by atoms with Gasteiger partial charge in [-0.15, -0.1) is 0 Å². The summed E-state index contributed by atoms with van der Waals surface area (Å²) in [4.78, 5) is 6.78. The molecule has 0 amide bonds. The molecule has 2 heterocycles. The van der Waals surface area contributed by atoms with Gasteiger partial charge in [-0.2, -0.15) is 4.98 Å². The van der Waals surface area contributed by atoms with Crippen LogP contribution in [0.2, 0.25) is 0 Å². The molecule has 1 aliphatic carbocycles. The number of rotatable bonds is 3. The number of ether oxygens (including phenoxy) is 1. The van der Waals surface area contributed by atoms with Crippen LogP contribution < -0.4 is 0 Å². The zero-order valence-electron chi connectivity index (χ0n) is 10.4. The van der Waals surface area contributed by atoms with Crippen LogP contribution in [-0.2, 0) is 11.3 Å². The zero-order valence-corrected chi connectivity index (χ0v) is 10.4. The molecule has 17 heavy (non-hydrogen) atoms. The minimum absolute atomic E-state index is 0.282. The molecule has 2 atom stereocenters. The molecule has 3 rings (SSSR count). The van der Waals surface area contributed by atoms with Crippen LogP contribution in [-0.4, -0.2) is 40.3 Å². The van der Waals surface area contributed by atoms with Gasteiger partial charge in [0.05, 0.1) is 18.8 Å². The normalized spacial score (nSPS) is 30.7. The maximum atomic E-state index is 5.70. The molecule has 1 saturated carbocycles. The predicted molar refractivity (Wildman–Crippen MR) is 61.6 cm³/mol. The summed E-state index contributed by atoms with van der Waals surface area (Å²) in [5.74, 6) is 2.21. The van der Waals surface area contributed by atoms with Gasteiger partial charge in [0.1, 0.15) is 0 Å². The third-order valence-electron chi connectivity index (χ3n) is 3.28. The van der Waals surface area contributed by atoms with Crippen molar-refractivity contribution in [2.24, 2.45) is 0 Å². The lowest BCUT2D eigenvalue weighted by atomic mass is 10.2. The Morgan fingerprint density at radius 2 is 1.94 bits per heavy atom. The van der Waals surface area contributed by atoms with Crippen LogP contribution in [0.1, 0.15) is 44.3 Å². The third kappa shape index (κ3) is 2.66. The maximum Gasteiger partial charge on any atom is 0.240 e. The van der Waals surface area contributed by atoms with Crippen LogP contribution in [0, 0.1) is 0 Å². The Hall–Kier alpha value is -0.940. The highest BCUT2D eigenvalue weighted by atomic mass is 16.5. The standard InChI is InChI=1S/C12H19N3O2/c1-8-5-15(6-9(2)16-8)7-11-13-12(14-17-11)10-3-4-10/h8-10H,3-7H2,1-2H3/t8-,9+. The highest BCUT2D eigenvalue weighted by Gasteiger charge is 2.29. The van der Waals surface area contributed by atoms with Crippen LogP contribution in [0.5, 0.6) is 0 Å². The van der Waals surface area contributed by atoms with E-state index in [0.717, 1.165) is 31.3 Å². The first-order valence-electron chi connectivity index (χ1n) is 6.41. The molecule has 0 unspecified atom stereocenters. The minimum Gasteiger partial charge on any atom is -0.373 e. The molecule has 0 N–H and O–H groups in total. The molecule has 1 aliphatic heterocycles. The fourth-order valence-electron chi connectivity index (χ4n) is 2.44. The molecule has 0 aromatic carbocycles. The van der Waals surface area contributed by atoms with E-state index in [-0.39, 0.29) is 12.2 Å². The first-order chi connectivity index (χ1) is 8.20. The number of nitrogens with zero attached hydrogens (tertiary/aromatic N) is 3. The number of aromatic nitrogens is 2. The molecule has 1 aromatic rings. The highest BCUT2D eigenvalue weighted by Crippen LogP contribution is 2.38. The first kappa shape index (κ1) is 11.2. The summed E-state index contributed by atoms with van der Waals surface area (Å²) in [7, 11) is 0. The van der Waals surface area contributed by atoms with Crippen molar-refractivity contribution in [3.8, 4) is 0 Å². The van der Waals surface area contributed by atoms with Gasteiger partial charge in [-0.25, -0.2) is 0 Å². The topological polar surface area (TPSA) is 51.4 Å². The second-order valence-electron chi connectivity index (χ2n) is 5.27. The Labute approximate surface area is 101 Å². The van der Waals surface area contributed by atoms with Crippen LogP contribution in [0.3, 0.4) is 0 Å². The molecule has 94 valence electrons. The van der Waals surface area contributed by atoms with E-state index in [1.807, 2.05) is 0 Å². The van der Waals surface area contributed by atoms with Gasteiger partial charge in [0, 0.05) is 19.0 Å². The van der Waals surface area contributed by atoms with E-state index in [1.165, 1.54) is 12.8 Å². The molecule has 1 saturated heterocycles. The van der Waals surface area contributed by atoms with E-state index in [9.17, 15) is 0 Å². The fraction of sp³-hybridized carbons (Fsp3) is 0.833. The van der Waals surface area contributed by atoms with Gasteiger partial charge in [0.25, 0.3) is 0 Å². The summed E-state index contributed by atoms with van der Waals surface area (Å²) in [6.45, 7) is 6.83. The average Bonchev–Trinajstić information content (AvgIpc) is 2.99. The second kappa shape index (κ2) is 4.38. The van der Waals surface area contributed by atoms with Crippen LogP contribution >= 0.6 is 0 Å². The molecule has 2 fully saturated rings. The van der Waals surface area contributed by atoms with Crippen LogP contribution in [0.4, 0.5) is 0 Å². The van der Waals surface area contributed by atoms with Crippen LogP contribution in [0.25, 0.3) is 0 Å². The zero-order chi connectivity index (χ0) is 11.8. The number of morpholine rings is 1. The Balaban J connectivity index is 1.60. The van der Waals surface area contributed by atoms with Crippen molar-refractivity contribution in [2.75, 3.05) is 13.1 Å². The van der Waals surface area contributed by atoms with E-state index < -0.39 is 0 Å². The smallest absolute Gasteiger partial charge is 0.240 e. The summed E-state index contributed by atoms with van der Waals surface area (Å²) in [5, 5.41) is 4.04. The Bertz CT molecular complexity index is 379. The van der Waals surface area contributed by atoms with Gasteiger partial charge < -0.3 is 9.26 Å². The van der Waals surface area contributed by atoms with Gasteiger partial charge >= 0.3 is 0 Å². The average molecular weight is 237 g/mol. The first-order valence-corrected chi connectivity index (χ1v) is 6.41. The van der Waals surface area contributed by atoms with Gasteiger partial charge in [0.2, 0.25) is 5.89 Å². The summed E-state index contributed by atoms with van der Waals surface area (Å²) in [6, 6.07) is 0. The molecule has 5 nitrogen and oxygen atoms in total. The lowest BCUT2D eigenvalue weighted by Crippen LogP contribution is -2.44. The monoisotopic (exact) mass is 237 g/mol. The van der Waals surface area contributed by atoms with Crippen molar-refractivity contribution in [1.29, 1.82) is 0 Å². The summed E-state index contributed by atoms with van der Waals surface area (Å²) in [5.41, 5.74) is 0. The van der Waals surface area contributed by atoms with E-state index in [2.05, 4.69) is 28.9 Å². The summed E-state index contributed by atoms with van der Waals surface area (Å²) >= 11 is 0. The minimum atomic E-state index is 0.282. The van der Waals surface area contributed by atoms with Gasteiger partial charge in [-0.05, 0) is 26.7 Å². The van der Waals surface area contributed by atoms with E-state index in [1.54, 1.807) is 0 Å². The van der Waals surface area contributed by atoms with Crippen molar-refractivity contribution < 1.29 is 9.26 Å². The third-order valence-corrected chi connectivity index (χ3v) is 3.28. The Morgan fingerprint density at radius 1 is 1.24 bits per heavy atom. The highest BCUT2D eigenvalue weighted by molar-refractivity contribution is 5.03. The quantitative estimate of drug-likeness (QED) is 0.798. The van der Waals surface area contributed by atoms with Crippen molar-refractivity contribution in [3.05, 3.63) is 11.7 Å². The van der Waals surface area contributed by atoms with Gasteiger partial charge in [0.15, 0.2) is 5.82 Å². The maximum absolute atomic E-state index is 5.70. The second-order valence-corrected chi connectivity index (χ2v) is 5.27. The van der Waals surface area contributed by atoms with E-state index in [4.69, 9.17) is 9.26 Å². The fourth-order valence-corrected chi connectivity index (χ4v) is 2.44. The molecule has 0 bridgehead atoms. The van der Waals surface area contributed by atoms with Crippen molar-refractivity contribution in [1.82, 2.24) is 15.0 Å². The van der Waals surface area contributed by atoms with Gasteiger partial charge in [-0.3, -0.25) is 4.90 Å². The lowest BCUT2D eigenvalue weighted by Gasteiger charge is -2.34. The molecule has 0 radical (unpaired) electrons. The summed E-state index contributed by atoms with van der Waals surface area (Å²) in [6.07, 6.45) is 2.99. The molecule has 0 spiro atoms. The van der Waals surface area contributed by atoms with Crippen molar-refractivity contribution >= 4 is 0 Å². The largest absolute Gasteiger partial charge is 0.373 e. The lowest BCUT2D eigenvalue weighted by molar-refractivity contribution is -0.0725. The Kier molecular flexibility index (Phi) is 2.88. The molecule has 5 heteroatoms. The molecule has 1 aromatic heterocycles. The summed E-state index contributed by atoms with van der Waals surface area (Å²) < 4.78 is 11.0.